The summed E-state index contributed by atoms with van der Waals surface area (Å²) in [6.45, 7) is 1.13. The quantitative estimate of drug-likeness (QED) is 0.715. The Labute approximate surface area is 114 Å². The minimum absolute atomic E-state index is 0.378. The minimum atomic E-state index is -1.64. The summed E-state index contributed by atoms with van der Waals surface area (Å²) in [6, 6.07) is 6.54. The summed E-state index contributed by atoms with van der Waals surface area (Å²) in [6.07, 6.45) is -2.47. The molecule has 0 aliphatic rings. The molecule has 0 saturated heterocycles. The van der Waals surface area contributed by atoms with Gasteiger partial charge in [-0.05, 0) is 25.1 Å². The van der Waals surface area contributed by atoms with Gasteiger partial charge in [0.05, 0.1) is 6.54 Å². The Hall–Kier alpha value is -1.79. The van der Waals surface area contributed by atoms with E-state index in [0.717, 1.165) is 0 Å². The summed E-state index contributed by atoms with van der Waals surface area (Å²) in [5.74, 6) is -1.50. The van der Waals surface area contributed by atoms with Gasteiger partial charge < -0.3 is 20.3 Å². The Kier molecular flexibility index (Phi) is 5.59. The lowest BCUT2D eigenvalue weighted by Crippen LogP contribution is -2.42. The standard InChI is InChI=1S/C12H14ClNO5/c1-7(11(16)14-6-10(15)12(17)18)19-9-4-2-3-8(13)5-9/h2-5,7,10,15H,6H2,1H3,(H,14,16)(H,17,18)/t7?,10-/m0/s1. The number of carbonyl (C=O) groups excluding carboxylic acids is 1. The fourth-order valence-electron chi connectivity index (χ4n) is 1.23. The van der Waals surface area contributed by atoms with Gasteiger partial charge >= 0.3 is 5.97 Å². The maximum absolute atomic E-state index is 11.6. The Morgan fingerprint density at radius 1 is 1.47 bits per heavy atom. The van der Waals surface area contributed by atoms with Crippen LogP contribution in [0.25, 0.3) is 0 Å². The van der Waals surface area contributed by atoms with E-state index in [1.807, 2.05) is 0 Å². The van der Waals surface area contributed by atoms with Gasteiger partial charge in [0, 0.05) is 5.02 Å². The molecular formula is C12H14ClNO5. The summed E-state index contributed by atoms with van der Waals surface area (Å²) >= 11 is 5.77. The van der Waals surface area contributed by atoms with Crippen LogP contribution in [0, 0.1) is 0 Å². The molecule has 3 N–H and O–H groups in total. The number of benzene rings is 1. The van der Waals surface area contributed by atoms with Crippen molar-refractivity contribution >= 4 is 23.5 Å². The molecule has 1 aromatic rings. The zero-order valence-electron chi connectivity index (χ0n) is 10.2. The van der Waals surface area contributed by atoms with Crippen molar-refractivity contribution in [2.45, 2.75) is 19.1 Å². The van der Waals surface area contributed by atoms with Crippen LogP contribution in [0.1, 0.15) is 6.92 Å². The smallest absolute Gasteiger partial charge is 0.334 e. The molecule has 104 valence electrons. The highest BCUT2D eigenvalue weighted by Gasteiger charge is 2.18. The van der Waals surface area contributed by atoms with E-state index >= 15 is 0 Å². The number of halogens is 1. The monoisotopic (exact) mass is 287 g/mol. The number of ether oxygens (including phenoxy) is 1. The van der Waals surface area contributed by atoms with Crippen molar-refractivity contribution in [1.82, 2.24) is 5.32 Å². The van der Waals surface area contributed by atoms with Crippen LogP contribution in [-0.4, -0.2) is 40.8 Å². The van der Waals surface area contributed by atoms with Crippen LogP contribution in [0.4, 0.5) is 0 Å². The highest BCUT2D eigenvalue weighted by molar-refractivity contribution is 6.30. The third-order valence-electron chi connectivity index (χ3n) is 2.23. The number of carbonyl (C=O) groups is 2. The zero-order chi connectivity index (χ0) is 14.4. The van der Waals surface area contributed by atoms with Crippen molar-refractivity contribution in [2.75, 3.05) is 6.54 Å². The van der Waals surface area contributed by atoms with Gasteiger partial charge in [0.2, 0.25) is 0 Å². The first kappa shape index (κ1) is 15.3. The molecule has 0 spiro atoms. The van der Waals surface area contributed by atoms with Crippen LogP contribution >= 0.6 is 11.6 Å². The van der Waals surface area contributed by atoms with E-state index < -0.39 is 24.1 Å². The summed E-state index contributed by atoms with van der Waals surface area (Å²) in [5.41, 5.74) is 0. The molecule has 6 nitrogen and oxygen atoms in total. The number of nitrogens with one attached hydrogen (secondary N) is 1. The first-order valence-corrected chi connectivity index (χ1v) is 5.88. The predicted molar refractivity (Wildman–Crippen MR) is 68.2 cm³/mol. The summed E-state index contributed by atoms with van der Waals surface area (Å²) in [4.78, 5) is 21.9. The Balaban J connectivity index is 2.47. The highest BCUT2D eigenvalue weighted by Crippen LogP contribution is 2.18. The number of aliphatic carboxylic acids is 1. The first-order chi connectivity index (χ1) is 8.90. The van der Waals surface area contributed by atoms with Crippen molar-refractivity contribution in [3.05, 3.63) is 29.3 Å². The van der Waals surface area contributed by atoms with Gasteiger partial charge in [0.15, 0.2) is 12.2 Å². The van der Waals surface area contributed by atoms with Gasteiger partial charge in [-0.2, -0.15) is 0 Å². The van der Waals surface area contributed by atoms with E-state index in [2.05, 4.69) is 5.32 Å². The molecule has 0 heterocycles. The average molecular weight is 288 g/mol. The normalized spacial score (nSPS) is 13.4. The molecule has 0 aliphatic carbocycles. The van der Waals surface area contributed by atoms with E-state index in [4.69, 9.17) is 26.6 Å². The van der Waals surface area contributed by atoms with E-state index in [9.17, 15) is 9.59 Å². The van der Waals surface area contributed by atoms with E-state index in [-0.39, 0.29) is 6.54 Å². The second-order valence-electron chi connectivity index (χ2n) is 3.82. The van der Waals surface area contributed by atoms with Crippen molar-refractivity contribution in [3.8, 4) is 5.75 Å². The van der Waals surface area contributed by atoms with Crippen molar-refractivity contribution in [3.63, 3.8) is 0 Å². The van der Waals surface area contributed by atoms with Crippen LogP contribution < -0.4 is 10.1 Å². The van der Waals surface area contributed by atoms with Gasteiger partial charge in [0.1, 0.15) is 5.75 Å². The summed E-state index contributed by atoms with van der Waals surface area (Å²) in [7, 11) is 0. The minimum Gasteiger partial charge on any atom is -0.481 e. The molecule has 0 aromatic heterocycles. The number of rotatable bonds is 6. The SMILES string of the molecule is CC(Oc1cccc(Cl)c1)C(=O)NC[C@H](O)C(=O)O. The van der Waals surface area contributed by atoms with Gasteiger partial charge in [0.25, 0.3) is 5.91 Å². The third kappa shape index (κ3) is 5.15. The van der Waals surface area contributed by atoms with Crippen LogP contribution in [0.2, 0.25) is 5.02 Å². The van der Waals surface area contributed by atoms with E-state index in [1.54, 1.807) is 24.3 Å². The predicted octanol–water partition coefficient (Wildman–Crippen LogP) is 0.669. The number of hydrogen-bond donors (Lipinski definition) is 3. The molecule has 7 heteroatoms. The van der Waals surface area contributed by atoms with Crippen molar-refractivity contribution in [1.29, 1.82) is 0 Å². The van der Waals surface area contributed by atoms with Gasteiger partial charge in [-0.15, -0.1) is 0 Å². The largest absolute Gasteiger partial charge is 0.481 e. The molecule has 1 unspecified atom stereocenters. The lowest BCUT2D eigenvalue weighted by Gasteiger charge is -2.15. The lowest BCUT2D eigenvalue weighted by atomic mass is 10.3. The molecular weight excluding hydrogens is 274 g/mol. The Morgan fingerprint density at radius 3 is 2.74 bits per heavy atom. The number of aliphatic hydroxyl groups excluding tert-OH is 1. The average Bonchev–Trinajstić information content (AvgIpc) is 2.35. The number of carboxylic acid groups (broad SMARTS) is 1. The molecule has 0 fully saturated rings. The van der Waals surface area contributed by atoms with Gasteiger partial charge in [-0.25, -0.2) is 4.79 Å². The number of hydrogen-bond acceptors (Lipinski definition) is 4. The Morgan fingerprint density at radius 2 is 2.16 bits per heavy atom. The number of carboxylic acids is 1. The summed E-state index contributed by atoms with van der Waals surface area (Å²) in [5, 5.41) is 20.2. The maximum Gasteiger partial charge on any atom is 0.334 e. The Bertz CT molecular complexity index is 465. The molecule has 0 bridgehead atoms. The third-order valence-corrected chi connectivity index (χ3v) is 2.47. The molecule has 0 radical (unpaired) electrons. The topological polar surface area (TPSA) is 95.9 Å². The summed E-state index contributed by atoms with van der Waals surface area (Å²) < 4.78 is 5.32. The molecule has 0 saturated carbocycles. The van der Waals surface area contributed by atoms with Crippen LogP contribution in [0.3, 0.4) is 0 Å². The molecule has 1 aromatic carbocycles. The van der Waals surface area contributed by atoms with Crippen LogP contribution in [0.15, 0.2) is 24.3 Å². The molecule has 1 amide bonds. The van der Waals surface area contributed by atoms with Gasteiger partial charge in [-0.1, -0.05) is 17.7 Å². The van der Waals surface area contributed by atoms with E-state index in [0.29, 0.717) is 10.8 Å². The second-order valence-corrected chi connectivity index (χ2v) is 4.25. The maximum atomic E-state index is 11.6. The lowest BCUT2D eigenvalue weighted by molar-refractivity contribution is -0.146. The number of amides is 1. The molecule has 19 heavy (non-hydrogen) atoms. The molecule has 1 rings (SSSR count). The molecule has 0 aliphatic heterocycles. The fraction of sp³-hybridized carbons (Fsp3) is 0.333. The number of aliphatic hydroxyl groups is 1. The second kappa shape index (κ2) is 6.96. The van der Waals surface area contributed by atoms with E-state index in [1.165, 1.54) is 6.92 Å². The molecule has 2 atom stereocenters. The highest BCUT2D eigenvalue weighted by atomic mass is 35.5. The van der Waals surface area contributed by atoms with Crippen LogP contribution in [-0.2, 0) is 9.59 Å². The van der Waals surface area contributed by atoms with Crippen LogP contribution in [0.5, 0.6) is 5.75 Å². The van der Waals surface area contributed by atoms with Crippen molar-refractivity contribution < 1.29 is 24.5 Å². The van der Waals surface area contributed by atoms with Gasteiger partial charge in [-0.3, -0.25) is 4.79 Å². The van der Waals surface area contributed by atoms with Crippen molar-refractivity contribution in [2.24, 2.45) is 0 Å². The first-order valence-electron chi connectivity index (χ1n) is 5.51. The zero-order valence-corrected chi connectivity index (χ0v) is 10.9. The fourth-order valence-corrected chi connectivity index (χ4v) is 1.41.